The van der Waals surface area contributed by atoms with Crippen molar-refractivity contribution in [3.05, 3.63) is 125 Å². The predicted octanol–water partition coefficient (Wildman–Crippen LogP) is 5.58. The molecule has 0 aromatic heterocycles. The van der Waals surface area contributed by atoms with Crippen molar-refractivity contribution in [2.75, 3.05) is 13.1 Å². The number of amides is 1. The molecule has 0 unspecified atom stereocenters. The fourth-order valence-electron chi connectivity index (χ4n) is 4.30. The first-order valence-corrected chi connectivity index (χ1v) is 14.5. The van der Waals surface area contributed by atoms with E-state index in [0.717, 1.165) is 27.8 Å². The van der Waals surface area contributed by atoms with Crippen LogP contribution < -0.4 is 11.1 Å². The average molecular weight is 562 g/mol. The molecule has 0 fully saturated rings. The SMILES string of the molecule is C[C@@H](CN(CC(=O)NCc1ccc(CN)cc1)S(=O)(=O)c1ccc(-c2ccccc2Cl)cc1)c1ccccc1. The van der Waals surface area contributed by atoms with Crippen molar-refractivity contribution in [3.8, 4) is 11.1 Å². The lowest BCUT2D eigenvalue weighted by atomic mass is 10.0. The number of nitrogens with two attached hydrogens (primary N) is 1. The maximum Gasteiger partial charge on any atom is 0.243 e. The maximum atomic E-state index is 13.8. The van der Waals surface area contributed by atoms with Crippen LogP contribution in [0.3, 0.4) is 0 Å². The second-order valence-corrected chi connectivity index (χ2v) is 11.8. The Bertz CT molecular complexity index is 1490. The molecular formula is C31H32ClN3O3S. The number of hydrogen-bond donors (Lipinski definition) is 2. The molecule has 8 heteroatoms. The summed E-state index contributed by atoms with van der Waals surface area (Å²) in [5, 5.41) is 3.43. The molecule has 0 saturated carbocycles. The van der Waals surface area contributed by atoms with Crippen molar-refractivity contribution < 1.29 is 13.2 Å². The van der Waals surface area contributed by atoms with E-state index in [0.29, 0.717) is 18.1 Å². The summed E-state index contributed by atoms with van der Waals surface area (Å²) in [5.41, 5.74) is 10.2. The fourth-order valence-corrected chi connectivity index (χ4v) is 6.03. The van der Waals surface area contributed by atoms with Gasteiger partial charge in [0.1, 0.15) is 0 Å². The van der Waals surface area contributed by atoms with Crippen molar-refractivity contribution >= 4 is 27.5 Å². The van der Waals surface area contributed by atoms with Crippen LogP contribution in [0.2, 0.25) is 5.02 Å². The van der Waals surface area contributed by atoms with Gasteiger partial charge in [0.2, 0.25) is 15.9 Å². The van der Waals surface area contributed by atoms with Gasteiger partial charge < -0.3 is 11.1 Å². The quantitative estimate of drug-likeness (QED) is 0.250. The molecule has 0 saturated heterocycles. The molecular weight excluding hydrogens is 530 g/mol. The Kier molecular flexibility index (Phi) is 9.54. The molecule has 0 spiro atoms. The fraction of sp³-hybridized carbons (Fsp3) is 0.194. The molecule has 0 bridgehead atoms. The maximum absolute atomic E-state index is 13.8. The number of nitrogens with zero attached hydrogens (tertiary/aromatic N) is 1. The molecule has 0 aliphatic carbocycles. The van der Waals surface area contributed by atoms with Crippen molar-refractivity contribution in [2.24, 2.45) is 5.73 Å². The lowest BCUT2D eigenvalue weighted by molar-refractivity contribution is -0.121. The summed E-state index contributed by atoms with van der Waals surface area (Å²) in [6.45, 7) is 2.54. The second kappa shape index (κ2) is 13.0. The van der Waals surface area contributed by atoms with E-state index in [4.69, 9.17) is 17.3 Å². The van der Waals surface area contributed by atoms with Crippen LogP contribution in [0.1, 0.15) is 29.5 Å². The zero-order chi connectivity index (χ0) is 27.8. The number of rotatable bonds is 11. The van der Waals surface area contributed by atoms with Crippen molar-refractivity contribution in [1.29, 1.82) is 0 Å². The Morgan fingerprint density at radius 2 is 1.49 bits per heavy atom. The third-order valence-corrected chi connectivity index (χ3v) is 8.75. The minimum atomic E-state index is -3.97. The molecule has 4 aromatic carbocycles. The Hall–Kier alpha value is -3.49. The highest BCUT2D eigenvalue weighted by atomic mass is 35.5. The van der Waals surface area contributed by atoms with E-state index in [1.54, 1.807) is 30.3 Å². The third kappa shape index (κ3) is 7.34. The molecule has 202 valence electrons. The van der Waals surface area contributed by atoms with Gasteiger partial charge in [0, 0.05) is 30.2 Å². The summed E-state index contributed by atoms with van der Waals surface area (Å²) in [7, 11) is -3.97. The number of carbonyl (C=O) groups excluding carboxylic acids is 1. The summed E-state index contributed by atoms with van der Waals surface area (Å²) in [6, 6.07) is 31.3. The van der Waals surface area contributed by atoms with Crippen LogP contribution in [-0.2, 0) is 27.9 Å². The van der Waals surface area contributed by atoms with Crippen LogP contribution >= 0.6 is 11.6 Å². The Morgan fingerprint density at radius 1 is 0.872 bits per heavy atom. The summed E-state index contributed by atoms with van der Waals surface area (Å²) in [6.07, 6.45) is 0. The summed E-state index contributed by atoms with van der Waals surface area (Å²) < 4.78 is 28.9. The summed E-state index contributed by atoms with van der Waals surface area (Å²) >= 11 is 6.32. The third-order valence-electron chi connectivity index (χ3n) is 6.59. The molecule has 1 amide bonds. The van der Waals surface area contributed by atoms with Gasteiger partial charge in [0.05, 0.1) is 11.4 Å². The molecule has 6 nitrogen and oxygen atoms in total. The van der Waals surface area contributed by atoms with Crippen molar-refractivity contribution in [3.63, 3.8) is 0 Å². The number of carbonyl (C=O) groups is 1. The van der Waals surface area contributed by atoms with Gasteiger partial charge in [0.25, 0.3) is 0 Å². The zero-order valence-corrected chi connectivity index (χ0v) is 23.3. The number of halogens is 1. The predicted molar refractivity (Wildman–Crippen MR) is 157 cm³/mol. The second-order valence-electron chi connectivity index (χ2n) is 9.41. The van der Waals surface area contributed by atoms with Crippen LogP contribution in [0.25, 0.3) is 11.1 Å². The highest BCUT2D eigenvalue weighted by Crippen LogP contribution is 2.29. The van der Waals surface area contributed by atoms with Gasteiger partial charge >= 0.3 is 0 Å². The van der Waals surface area contributed by atoms with E-state index >= 15 is 0 Å². The van der Waals surface area contributed by atoms with E-state index in [1.165, 1.54) is 4.31 Å². The van der Waals surface area contributed by atoms with Gasteiger partial charge in [0.15, 0.2) is 0 Å². The first-order valence-electron chi connectivity index (χ1n) is 12.7. The Morgan fingerprint density at radius 3 is 2.13 bits per heavy atom. The molecule has 0 aliphatic rings. The van der Waals surface area contributed by atoms with E-state index in [-0.39, 0.29) is 29.8 Å². The van der Waals surface area contributed by atoms with Crippen molar-refractivity contribution in [2.45, 2.75) is 30.8 Å². The lowest BCUT2D eigenvalue weighted by Crippen LogP contribution is -2.42. The molecule has 0 radical (unpaired) electrons. The van der Waals surface area contributed by atoms with Gasteiger partial charge in [-0.15, -0.1) is 0 Å². The molecule has 0 aliphatic heterocycles. The van der Waals surface area contributed by atoms with Crippen LogP contribution in [0.15, 0.2) is 108 Å². The van der Waals surface area contributed by atoms with Crippen molar-refractivity contribution in [1.82, 2.24) is 9.62 Å². The normalized spacial score (nSPS) is 12.3. The highest BCUT2D eigenvalue weighted by molar-refractivity contribution is 7.89. The number of sulfonamides is 1. The summed E-state index contributed by atoms with van der Waals surface area (Å²) in [5.74, 6) is -0.505. The molecule has 0 heterocycles. The van der Waals surface area contributed by atoms with Gasteiger partial charge in [-0.2, -0.15) is 4.31 Å². The number of nitrogens with one attached hydrogen (secondary N) is 1. The van der Waals surface area contributed by atoms with E-state index in [9.17, 15) is 13.2 Å². The van der Waals surface area contributed by atoms with Gasteiger partial charge in [-0.25, -0.2) is 8.42 Å². The Labute approximate surface area is 235 Å². The minimum Gasteiger partial charge on any atom is -0.351 e. The smallest absolute Gasteiger partial charge is 0.243 e. The number of benzene rings is 4. The van der Waals surface area contributed by atoms with Gasteiger partial charge in [-0.1, -0.05) is 103 Å². The van der Waals surface area contributed by atoms with Crippen LogP contribution in [0, 0.1) is 0 Å². The lowest BCUT2D eigenvalue weighted by Gasteiger charge is -2.25. The first kappa shape index (κ1) is 28.5. The topological polar surface area (TPSA) is 92.5 Å². The van der Waals surface area contributed by atoms with Crippen LogP contribution in [0.4, 0.5) is 0 Å². The van der Waals surface area contributed by atoms with Crippen LogP contribution in [-0.4, -0.2) is 31.7 Å². The monoisotopic (exact) mass is 561 g/mol. The van der Waals surface area contributed by atoms with Gasteiger partial charge in [-0.05, 0) is 46.4 Å². The molecule has 4 rings (SSSR count). The first-order chi connectivity index (χ1) is 18.8. The molecule has 3 N–H and O–H groups in total. The Balaban J connectivity index is 1.55. The summed E-state index contributed by atoms with van der Waals surface area (Å²) in [4.78, 5) is 13.1. The standard InChI is InChI=1S/C31H32ClN3O3S/c1-23(26-7-3-2-4-8-26)21-35(22-31(36)34-20-25-13-11-24(19-33)12-14-25)39(37,38)28-17-15-27(16-18-28)29-9-5-6-10-30(29)32/h2-18,23H,19-22,33H2,1H3,(H,34,36)/t23-/m0/s1. The molecule has 39 heavy (non-hydrogen) atoms. The number of hydrogen-bond acceptors (Lipinski definition) is 4. The average Bonchev–Trinajstić information content (AvgIpc) is 2.96. The largest absolute Gasteiger partial charge is 0.351 e. The minimum absolute atomic E-state index is 0.115. The molecule has 4 aromatic rings. The van der Waals surface area contributed by atoms with E-state index in [2.05, 4.69) is 5.32 Å². The highest BCUT2D eigenvalue weighted by Gasteiger charge is 2.28. The van der Waals surface area contributed by atoms with E-state index < -0.39 is 10.0 Å². The van der Waals surface area contributed by atoms with E-state index in [1.807, 2.05) is 79.7 Å². The molecule has 1 atom stereocenters. The van der Waals surface area contributed by atoms with Gasteiger partial charge in [-0.3, -0.25) is 4.79 Å². The van der Waals surface area contributed by atoms with Crippen LogP contribution in [0.5, 0.6) is 0 Å². The zero-order valence-electron chi connectivity index (χ0n) is 21.8.